The number of halogens is 3. The lowest BCUT2D eigenvalue weighted by molar-refractivity contribution is -0.137. The van der Waals surface area contributed by atoms with Gasteiger partial charge in [0.15, 0.2) is 11.6 Å². The summed E-state index contributed by atoms with van der Waals surface area (Å²) in [6.45, 7) is 2.38. The van der Waals surface area contributed by atoms with Gasteiger partial charge < -0.3 is 14.4 Å². The number of rotatable bonds is 4. The molecule has 0 saturated carbocycles. The number of anilines is 3. The standard InChI is InChI=1S/C24H22F3N7O3/c25-24(26,27)15-3-1-2-14(10-15)20-29-11-18-21(32-20)34(16-5-8-33(18)12-16)23(35)31-19-4-7-28-22(30-19)37-17-6-9-36-13-17/h1-4,7,10-11,16-17H,5-6,8-9,12-13H2,(H,28,30,31,35)/t16?,17-/m1/s1. The molecule has 2 bridgehead atoms. The Balaban J connectivity index is 1.29. The number of hydrogen-bond acceptors (Lipinski definition) is 8. The number of benzene rings is 1. The molecule has 1 N–H and O–H groups in total. The van der Waals surface area contributed by atoms with Gasteiger partial charge >= 0.3 is 18.2 Å². The van der Waals surface area contributed by atoms with Crippen molar-refractivity contribution in [2.75, 3.05) is 41.4 Å². The van der Waals surface area contributed by atoms with Gasteiger partial charge in [0.2, 0.25) is 0 Å². The predicted molar refractivity (Wildman–Crippen MR) is 126 cm³/mol. The molecule has 0 spiro atoms. The molecule has 0 aliphatic carbocycles. The van der Waals surface area contributed by atoms with Crippen molar-refractivity contribution in [2.24, 2.45) is 0 Å². The molecule has 3 aromatic rings. The Morgan fingerprint density at radius 1 is 1.16 bits per heavy atom. The highest BCUT2D eigenvalue weighted by molar-refractivity contribution is 6.04. The van der Waals surface area contributed by atoms with Crippen LogP contribution in [0.5, 0.6) is 6.01 Å². The molecule has 5 heterocycles. The van der Waals surface area contributed by atoms with Crippen molar-refractivity contribution in [3.8, 4) is 17.4 Å². The zero-order valence-corrected chi connectivity index (χ0v) is 19.5. The van der Waals surface area contributed by atoms with E-state index in [1.54, 1.807) is 12.3 Å². The number of urea groups is 1. The summed E-state index contributed by atoms with van der Waals surface area (Å²) in [4.78, 5) is 34.3. The number of carbonyl (C=O) groups excluding carboxylic acids is 1. The van der Waals surface area contributed by atoms with E-state index in [4.69, 9.17) is 9.47 Å². The van der Waals surface area contributed by atoms with Gasteiger partial charge in [0.25, 0.3) is 0 Å². The number of nitrogens with one attached hydrogen (secondary N) is 1. The fourth-order valence-electron chi connectivity index (χ4n) is 4.74. The molecule has 2 saturated heterocycles. The summed E-state index contributed by atoms with van der Waals surface area (Å²) in [6.07, 6.45) is -0.149. The SMILES string of the molecule is O=C(Nc1ccnc(O[C@@H]2CCOC2)n1)N1c2nc(-c3cccc(C(F)(F)F)c3)ncc2N2CCC1C2. The number of nitrogens with zero attached hydrogens (tertiary/aromatic N) is 6. The van der Waals surface area contributed by atoms with Gasteiger partial charge in [0.05, 0.1) is 36.7 Å². The molecule has 6 rings (SSSR count). The normalized spacial score (nSPS) is 20.6. The van der Waals surface area contributed by atoms with E-state index in [1.165, 1.54) is 23.2 Å². The topological polar surface area (TPSA) is 106 Å². The monoisotopic (exact) mass is 513 g/mol. The molecular weight excluding hydrogens is 491 g/mol. The summed E-state index contributed by atoms with van der Waals surface area (Å²) in [5, 5.41) is 2.79. The number of aromatic nitrogens is 4. The third-order valence-corrected chi connectivity index (χ3v) is 6.54. The second-order valence-electron chi connectivity index (χ2n) is 9.00. The van der Waals surface area contributed by atoms with E-state index in [0.29, 0.717) is 44.2 Å². The predicted octanol–water partition coefficient (Wildman–Crippen LogP) is 3.75. The van der Waals surface area contributed by atoms with Crippen molar-refractivity contribution in [3.63, 3.8) is 0 Å². The van der Waals surface area contributed by atoms with Crippen LogP contribution < -0.4 is 19.9 Å². The molecule has 37 heavy (non-hydrogen) atoms. The third kappa shape index (κ3) is 4.61. The van der Waals surface area contributed by atoms with Gasteiger partial charge in [-0.1, -0.05) is 12.1 Å². The van der Waals surface area contributed by atoms with Gasteiger partial charge in [-0.3, -0.25) is 10.2 Å². The molecular formula is C24H22F3N7O3. The first-order valence-corrected chi connectivity index (χ1v) is 11.8. The summed E-state index contributed by atoms with van der Waals surface area (Å²) in [5.74, 6) is 0.687. The Morgan fingerprint density at radius 3 is 2.86 bits per heavy atom. The third-order valence-electron chi connectivity index (χ3n) is 6.54. The first kappa shape index (κ1) is 23.4. The van der Waals surface area contributed by atoms with Crippen molar-refractivity contribution in [1.29, 1.82) is 0 Å². The van der Waals surface area contributed by atoms with Crippen LogP contribution in [0.25, 0.3) is 11.4 Å². The maximum atomic E-state index is 13.5. The maximum absolute atomic E-state index is 13.5. The highest BCUT2D eigenvalue weighted by atomic mass is 19.4. The Bertz CT molecular complexity index is 1330. The fraction of sp³-hybridized carbons (Fsp3) is 0.375. The number of amides is 2. The zero-order valence-electron chi connectivity index (χ0n) is 19.5. The number of fused-ring (bicyclic) bond motifs is 4. The van der Waals surface area contributed by atoms with E-state index in [2.05, 4.69) is 30.2 Å². The first-order valence-electron chi connectivity index (χ1n) is 11.8. The smallest absolute Gasteiger partial charge is 0.416 e. The van der Waals surface area contributed by atoms with Crippen LogP contribution in [0.2, 0.25) is 0 Å². The minimum Gasteiger partial charge on any atom is -0.458 e. The largest absolute Gasteiger partial charge is 0.458 e. The molecule has 2 fully saturated rings. The van der Waals surface area contributed by atoms with E-state index in [9.17, 15) is 18.0 Å². The molecule has 13 heteroatoms. The van der Waals surface area contributed by atoms with E-state index in [-0.39, 0.29) is 35.4 Å². The molecule has 2 atom stereocenters. The van der Waals surface area contributed by atoms with Gasteiger partial charge in [-0.25, -0.2) is 19.7 Å². The molecule has 2 aromatic heterocycles. The van der Waals surface area contributed by atoms with Crippen LogP contribution in [0.4, 0.5) is 35.3 Å². The van der Waals surface area contributed by atoms with E-state index in [1.807, 2.05) is 0 Å². The number of alkyl halides is 3. The molecule has 3 aliphatic rings. The van der Waals surface area contributed by atoms with Gasteiger partial charge in [0.1, 0.15) is 11.9 Å². The molecule has 0 radical (unpaired) electrons. The lowest BCUT2D eigenvalue weighted by Crippen LogP contribution is -2.48. The summed E-state index contributed by atoms with van der Waals surface area (Å²) in [6, 6.07) is 5.88. The van der Waals surface area contributed by atoms with Crippen molar-refractivity contribution in [3.05, 3.63) is 48.3 Å². The molecule has 3 aliphatic heterocycles. The number of carbonyl (C=O) groups is 1. The minimum absolute atomic E-state index is 0.0988. The van der Waals surface area contributed by atoms with E-state index in [0.717, 1.165) is 18.6 Å². The highest BCUT2D eigenvalue weighted by Gasteiger charge is 2.41. The minimum atomic E-state index is -4.49. The molecule has 10 nitrogen and oxygen atoms in total. The summed E-state index contributed by atoms with van der Waals surface area (Å²) >= 11 is 0. The van der Waals surface area contributed by atoms with Crippen LogP contribution in [0, 0.1) is 0 Å². The second-order valence-corrected chi connectivity index (χ2v) is 9.00. The Hall–Kier alpha value is -4.00. The summed E-state index contributed by atoms with van der Waals surface area (Å²) in [5.41, 5.74) is 0.0580. The van der Waals surface area contributed by atoms with E-state index < -0.39 is 17.8 Å². The van der Waals surface area contributed by atoms with Crippen molar-refractivity contribution >= 4 is 23.4 Å². The summed E-state index contributed by atoms with van der Waals surface area (Å²) < 4.78 is 50.8. The quantitative estimate of drug-likeness (QED) is 0.563. The Kier molecular flexibility index (Phi) is 5.78. The van der Waals surface area contributed by atoms with Crippen LogP contribution in [0.1, 0.15) is 18.4 Å². The van der Waals surface area contributed by atoms with Gasteiger partial charge in [-0.15, -0.1) is 0 Å². The summed E-state index contributed by atoms with van der Waals surface area (Å²) in [7, 11) is 0. The number of hydrogen-bond donors (Lipinski definition) is 1. The molecule has 192 valence electrons. The van der Waals surface area contributed by atoms with Gasteiger partial charge in [-0.05, 0) is 24.6 Å². The van der Waals surface area contributed by atoms with Crippen molar-refractivity contribution in [1.82, 2.24) is 19.9 Å². The molecule has 2 amide bonds. The van der Waals surface area contributed by atoms with E-state index >= 15 is 0 Å². The van der Waals surface area contributed by atoms with Crippen LogP contribution in [0.15, 0.2) is 42.7 Å². The Morgan fingerprint density at radius 2 is 2.05 bits per heavy atom. The highest BCUT2D eigenvalue weighted by Crippen LogP contribution is 2.40. The lowest BCUT2D eigenvalue weighted by atomic mass is 10.1. The van der Waals surface area contributed by atoms with Crippen molar-refractivity contribution < 1.29 is 27.4 Å². The van der Waals surface area contributed by atoms with Crippen LogP contribution in [-0.2, 0) is 10.9 Å². The molecule has 1 unspecified atom stereocenters. The van der Waals surface area contributed by atoms with Crippen LogP contribution in [-0.4, -0.2) is 64.4 Å². The molecule has 1 aromatic carbocycles. The van der Waals surface area contributed by atoms with Crippen LogP contribution >= 0.6 is 0 Å². The average molecular weight is 513 g/mol. The van der Waals surface area contributed by atoms with Crippen molar-refractivity contribution in [2.45, 2.75) is 31.2 Å². The Labute approximate surface area is 209 Å². The van der Waals surface area contributed by atoms with Crippen LogP contribution in [0.3, 0.4) is 0 Å². The first-order chi connectivity index (χ1) is 17.8. The maximum Gasteiger partial charge on any atom is 0.416 e. The average Bonchev–Trinajstić information content (AvgIpc) is 3.54. The lowest BCUT2D eigenvalue weighted by Gasteiger charge is -2.35. The van der Waals surface area contributed by atoms with Gasteiger partial charge in [0, 0.05) is 31.3 Å². The fourth-order valence-corrected chi connectivity index (χ4v) is 4.74. The second kappa shape index (κ2) is 9.14. The number of ether oxygens (including phenoxy) is 2. The van der Waals surface area contributed by atoms with Gasteiger partial charge in [-0.2, -0.15) is 18.2 Å². The zero-order chi connectivity index (χ0) is 25.6.